The van der Waals surface area contributed by atoms with Crippen LogP contribution in [0.5, 0.6) is 5.75 Å². The molecule has 0 bridgehead atoms. The first-order chi connectivity index (χ1) is 16.6. The minimum Gasteiger partial charge on any atom is -0.494 e. The summed E-state index contributed by atoms with van der Waals surface area (Å²) in [6.45, 7) is 7.83. The molecule has 1 spiro atoms. The van der Waals surface area contributed by atoms with E-state index in [9.17, 15) is 4.79 Å². The van der Waals surface area contributed by atoms with E-state index < -0.39 is 0 Å². The SMILES string of the molecule is C[C@@H]1CCCN1CCCOc1ccc(N2CCC3(CC2)CN(c2cnccn2)C(=O)CO3)cc1. The molecule has 0 radical (unpaired) electrons. The van der Waals surface area contributed by atoms with Gasteiger partial charge >= 0.3 is 0 Å². The summed E-state index contributed by atoms with van der Waals surface area (Å²) >= 11 is 0. The van der Waals surface area contributed by atoms with Gasteiger partial charge in [-0.2, -0.15) is 0 Å². The number of benzene rings is 1. The normalized spacial score (nSPS) is 23.0. The van der Waals surface area contributed by atoms with Crippen molar-refractivity contribution in [3.63, 3.8) is 0 Å². The number of anilines is 2. The highest BCUT2D eigenvalue weighted by Crippen LogP contribution is 2.34. The number of carbonyl (C=O) groups excluding carboxylic acids is 1. The van der Waals surface area contributed by atoms with Crippen LogP contribution in [0.1, 0.15) is 39.0 Å². The van der Waals surface area contributed by atoms with Crippen LogP contribution in [0.4, 0.5) is 11.5 Å². The van der Waals surface area contributed by atoms with Crippen LogP contribution in [-0.2, 0) is 9.53 Å². The average molecular weight is 466 g/mol. The fourth-order valence-electron chi connectivity index (χ4n) is 5.36. The first-order valence-electron chi connectivity index (χ1n) is 12.5. The molecule has 3 fully saturated rings. The van der Waals surface area contributed by atoms with Crippen LogP contribution < -0.4 is 14.5 Å². The van der Waals surface area contributed by atoms with Crippen LogP contribution in [0, 0.1) is 0 Å². The van der Waals surface area contributed by atoms with E-state index in [-0.39, 0.29) is 18.1 Å². The molecule has 3 aliphatic rings. The molecule has 0 aliphatic carbocycles. The zero-order valence-corrected chi connectivity index (χ0v) is 20.1. The number of rotatable bonds is 7. The van der Waals surface area contributed by atoms with E-state index in [1.165, 1.54) is 25.1 Å². The Morgan fingerprint density at radius 3 is 2.68 bits per heavy atom. The quantitative estimate of drug-likeness (QED) is 0.582. The van der Waals surface area contributed by atoms with E-state index in [4.69, 9.17) is 9.47 Å². The Balaban J connectivity index is 1.10. The number of morpholine rings is 1. The molecule has 3 aliphatic heterocycles. The van der Waals surface area contributed by atoms with Gasteiger partial charge in [0.1, 0.15) is 12.4 Å². The Bertz CT molecular complexity index is 947. The second-order valence-corrected chi connectivity index (χ2v) is 9.73. The lowest BCUT2D eigenvalue weighted by atomic mass is 9.89. The van der Waals surface area contributed by atoms with Gasteiger partial charge in [0.05, 0.1) is 24.9 Å². The van der Waals surface area contributed by atoms with Crippen molar-refractivity contribution in [2.75, 3.05) is 55.7 Å². The topological polar surface area (TPSA) is 71.0 Å². The molecule has 2 aromatic rings. The predicted octanol–water partition coefficient (Wildman–Crippen LogP) is 3.13. The average Bonchev–Trinajstić information content (AvgIpc) is 3.29. The van der Waals surface area contributed by atoms with Crippen molar-refractivity contribution in [1.82, 2.24) is 14.9 Å². The Kier molecular flexibility index (Phi) is 6.97. The Morgan fingerprint density at radius 2 is 1.97 bits per heavy atom. The van der Waals surface area contributed by atoms with Gasteiger partial charge in [0, 0.05) is 43.8 Å². The van der Waals surface area contributed by atoms with E-state index in [2.05, 4.69) is 51.0 Å². The number of likely N-dealkylation sites (tertiary alicyclic amines) is 1. The summed E-state index contributed by atoms with van der Waals surface area (Å²) in [5.74, 6) is 1.47. The van der Waals surface area contributed by atoms with Crippen LogP contribution in [0.3, 0.4) is 0 Å². The number of hydrogen-bond donors (Lipinski definition) is 0. The molecule has 1 atom stereocenters. The third-order valence-corrected chi connectivity index (χ3v) is 7.50. The lowest BCUT2D eigenvalue weighted by Crippen LogP contribution is -2.59. The van der Waals surface area contributed by atoms with Crippen molar-refractivity contribution >= 4 is 17.4 Å². The molecule has 0 unspecified atom stereocenters. The number of nitrogens with zero attached hydrogens (tertiary/aromatic N) is 5. The van der Waals surface area contributed by atoms with Crippen molar-refractivity contribution < 1.29 is 14.3 Å². The predicted molar refractivity (Wildman–Crippen MR) is 131 cm³/mol. The zero-order chi connectivity index (χ0) is 23.4. The molecule has 0 N–H and O–H groups in total. The van der Waals surface area contributed by atoms with E-state index in [1.807, 2.05) is 0 Å². The number of aromatic nitrogens is 2. The highest BCUT2D eigenvalue weighted by atomic mass is 16.5. The molecular formula is C26H35N5O3. The summed E-state index contributed by atoms with van der Waals surface area (Å²) in [5, 5.41) is 0. The molecule has 8 nitrogen and oxygen atoms in total. The number of ether oxygens (including phenoxy) is 2. The standard InChI is InChI=1S/C26H35N5O3/c1-21-4-2-13-29(21)14-3-17-33-23-7-5-22(6-8-23)30-15-9-26(10-16-30)20-31(25(32)19-34-26)24-18-27-11-12-28-24/h5-8,11-12,18,21H,2-4,9-10,13-17,19-20H2,1H3/t21-/m1/s1. The monoisotopic (exact) mass is 465 g/mol. The smallest absolute Gasteiger partial charge is 0.254 e. The second kappa shape index (κ2) is 10.3. The van der Waals surface area contributed by atoms with Gasteiger partial charge in [0.2, 0.25) is 0 Å². The maximum absolute atomic E-state index is 12.4. The van der Waals surface area contributed by atoms with Crippen LogP contribution in [-0.4, -0.2) is 78.4 Å². The van der Waals surface area contributed by atoms with Gasteiger partial charge in [-0.1, -0.05) is 0 Å². The molecule has 1 amide bonds. The second-order valence-electron chi connectivity index (χ2n) is 9.73. The minimum absolute atomic E-state index is 0.0564. The Labute approximate surface area is 201 Å². The van der Waals surface area contributed by atoms with Crippen molar-refractivity contribution in [3.8, 4) is 5.75 Å². The highest BCUT2D eigenvalue weighted by Gasteiger charge is 2.43. The summed E-state index contributed by atoms with van der Waals surface area (Å²) in [5.41, 5.74) is 0.878. The molecule has 3 saturated heterocycles. The van der Waals surface area contributed by atoms with E-state index >= 15 is 0 Å². The van der Waals surface area contributed by atoms with E-state index in [1.54, 1.807) is 23.5 Å². The van der Waals surface area contributed by atoms with Crippen LogP contribution in [0.2, 0.25) is 0 Å². The number of hydrogen-bond acceptors (Lipinski definition) is 7. The Hall–Kier alpha value is -2.71. The molecule has 182 valence electrons. The fraction of sp³-hybridized carbons (Fsp3) is 0.577. The van der Waals surface area contributed by atoms with Crippen molar-refractivity contribution in [3.05, 3.63) is 42.9 Å². The van der Waals surface area contributed by atoms with Gasteiger partial charge in [0.15, 0.2) is 5.82 Å². The maximum Gasteiger partial charge on any atom is 0.254 e. The van der Waals surface area contributed by atoms with Crippen LogP contribution >= 0.6 is 0 Å². The van der Waals surface area contributed by atoms with Gasteiger partial charge in [-0.3, -0.25) is 14.7 Å². The molecule has 1 aromatic carbocycles. The third-order valence-electron chi connectivity index (χ3n) is 7.50. The number of piperidine rings is 1. The molecule has 5 rings (SSSR count). The summed E-state index contributed by atoms with van der Waals surface area (Å²) in [7, 11) is 0. The van der Waals surface area contributed by atoms with E-state index in [0.717, 1.165) is 57.3 Å². The van der Waals surface area contributed by atoms with Gasteiger partial charge in [0.25, 0.3) is 5.91 Å². The highest BCUT2D eigenvalue weighted by molar-refractivity contribution is 5.94. The Morgan fingerprint density at radius 1 is 1.15 bits per heavy atom. The number of carbonyl (C=O) groups is 1. The lowest BCUT2D eigenvalue weighted by molar-refractivity contribution is -0.141. The largest absolute Gasteiger partial charge is 0.494 e. The minimum atomic E-state index is -0.322. The summed E-state index contributed by atoms with van der Waals surface area (Å²) in [4.78, 5) is 27.5. The molecule has 0 saturated carbocycles. The first-order valence-corrected chi connectivity index (χ1v) is 12.5. The molecule has 8 heteroatoms. The molecule has 34 heavy (non-hydrogen) atoms. The van der Waals surface area contributed by atoms with Crippen molar-refractivity contribution in [2.24, 2.45) is 0 Å². The number of amides is 1. The zero-order valence-electron chi connectivity index (χ0n) is 20.1. The first kappa shape index (κ1) is 23.1. The van der Waals surface area contributed by atoms with Gasteiger partial charge in [-0.05, 0) is 69.8 Å². The molecule has 4 heterocycles. The maximum atomic E-state index is 12.4. The van der Waals surface area contributed by atoms with Gasteiger partial charge in [-0.15, -0.1) is 0 Å². The van der Waals surface area contributed by atoms with E-state index in [0.29, 0.717) is 12.4 Å². The molecular weight excluding hydrogens is 430 g/mol. The lowest BCUT2D eigenvalue weighted by Gasteiger charge is -2.47. The van der Waals surface area contributed by atoms with Crippen LogP contribution in [0.15, 0.2) is 42.9 Å². The van der Waals surface area contributed by atoms with Crippen LogP contribution in [0.25, 0.3) is 0 Å². The molecule has 1 aromatic heterocycles. The summed E-state index contributed by atoms with van der Waals surface area (Å²) < 4.78 is 12.1. The van der Waals surface area contributed by atoms with Crippen molar-refractivity contribution in [1.29, 1.82) is 0 Å². The van der Waals surface area contributed by atoms with Crippen molar-refractivity contribution in [2.45, 2.75) is 50.7 Å². The third kappa shape index (κ3) is 5.18. The fourth-order valence-corrected chi connectivity index (χ4v) is 5.36. The summed E-state index contributed by atoms with van der Waals surface area (Å²) in [6.07, 6.45) is 10.3. The van der Waals surface area contributed by atoms with Gasteiger partial charge in [-0.25, -0.2) is 4.98 Å². The summed E-state index contributed by atoms with van der Waals surface area (Å²) in [6, 6.07) is 9.16. The van der Waals surface area contributed by atoms with Gasteiger partial charge < -0.3 is 19.3 Å².